The van der Waals surface area contributed by atoms with Crippen LogP contribution in [0.5, 0.6) is 0 Å². The smallest absolute Gasteiger partial charge is 0.254 e. The number of hydrogen-bond acceptors (Lipinski definition) is 5. The molecule has 0 atom stereocenters. The van der Waals surface area contributed by atoms with Crippen LogP contribution in [0.25, 0.3) is 0 Å². The summed E-state index contributed by atoms with van der Waals surface area (Å²) < 4.78 is 0. The van der Waals surface area contributed by atoms with Gasteiger partial charge >= 0.3 is 0 Å². The largest absolute Gasteiger partial charge is 0.365 e. The Labute approximate surface area is 171 Å². The highest BCUT2D eigenvalue weighted by Gasteiger charge is 2.23. The van der Waals surface area contributed by atoms with E-state index in [1.165, 1.54) is 5.56 Å². The highest BCUT2D eigenvalue weighted by Crippen LogP contribution is 2.17. The minimum absolute atomic E-state index is 0.106. The highest BCUT2D eigenvalue weighted by atomic mass is 16.2. The van der Waals surface area contributed by atoms with Gasteiger partial charge in [0.2, 0.25) is 0 Å². The van der Waals surface area contributed by atoms with Crippen molar-refractivity contribution < 1.29 is 4.79 Å². The minimum atomic E-state index is 0.106. The van der Waals surface area contributed by atoms with Crippen molar-refractivity contribution >= 4 is 17.5 Å². The quantitative estimate of drug-likeness (QED) is 0.727. The molecule has 0 bridgehead atoms. The zero-order chi connectivity index (χ0) is 20.1. The monoisotopic (exact) mass is 387 g/mol. The van der Waals surface area contributed by atoms with Gasteiger partial charge in [-0.15, -0.1) is 10.2 Å². The van der Waals surface area contributed by atoms with Gasteiger partial charge in [0.1, 0.15) is 5.82 Å². The first-order valence-corrected chi connectivity index (χ1v) is 9.92. The molecule has 0 spiro atoms. The first-order chi connectivity index (χ1) is 14.2. The summed E-state index contributed by atoms with van der Waals surface area (Å²) in [4.78, 5) is 16.9. The number of piperazine rings is 1. The van der Waals surface area contributed by atoms with Gasteiger partial charge in [-0.1, -0.05) is 48.5 Å². The average molecular weight is 387 g/mol. The standard InChI is InChI=1S/C23H25N5O/c1-18-7-5-6-10-20(18)23(29)28-15-13-27(14-16-28)22-12-11-21(25-26-22)24-17-19-8-3-2-4-9-19/h2-12H,13-17H2,1H3,(H,24,25). The lowest BCUT2D eigenvalue weighted by Crippen LogP contribution is -2.49. The predicted molar refractivity (Wildman–Crippen MR) is 115 cm³/mol. The summed E-state index contributed by atoms with van der Waals surface area (Å²) in [5, 5.41) is 12.0. The molecule has 1 aliphatic rings. The first-order valence-electron chi connectivity index (χ1n) is 9.92. The number of amides is 1. The Balaban J connectivity index is 1.31. The summed E-state index contributed by atoms with van der Waals surface area (Å²) in [6, 6.07) is 21.9. The molecule has 1 saturated heterocycles. The molecule has 1 amide bonds. The van der Waals surface area contributed by atoms with Gasteiger partial charge in [0.15, 0.2) is 5.82 Å². The maximum atomic E-state index is 12.8. The average Bonchev–Trinajstić information content (AvgIpc) is 2.79. The van der Waals surface area contributed by atoms with Crippen molar-refractivity contribution in [3.05, 3.63) is 83.4 Å². The fraction of sp³-hybridized carbons (Fsp3) is 0.261. The molecule has 4 rings (SSSR count). The molecule has 2 aromatic carbocycles. The second kappa shape index (κ2) is 8.73. The predicted octanol–water partition coefficient (Wildman–Crippen LogP) is 3.36. The number of benzene rings is 2. The van der Waals surface area contributed by atoms with E-state index >= 15 is 0 Å². The zero-order valence-electron chi connectivity index (χ0n) is 16.6. The second-order valence-corrected chi connectivity index (χ2v) is 7.21. The molecule has 0 radical (unpaired) electrons. The summed E-state index contributed by atoms with van der Waals surface area (Å²) in [5.41, 5.74) is 3.01. The summed E-state index contributed by atoms with van der Waals surface area (Å²) in [6.45, 7) is 5.57. The van der Waals surface area contributed by atoms with E-state index in [0.29, 0.717) is 19.6 Å². The molecule has 3 aromatic rings. The van der Waals surface area contributed by atoms with Crippen LogP contribution < -0.4 is 10.2 Å². The van der Waals surface area contributed by atoms with E-state index in [4.69, 9.17) is 0 Å². The van der Waals surface area contributed by atoms with E-state index in [1.807, 2.05) is 66.4 Å². The lowest BCUT2D eigenvalue weighted by molar-refractivity contribution is 0.0745. The normalized spacial score (nSPS) is 14.0. The number of aryl methyl sites for hydroxylation is 1. The van der Waals surface area contributed by atoms with Crippen molar-refractivity contribution in [2.45, 2.75) is 13.5 Å². The third kappa shape index (κ3) is 4.54. The van der Waals surface area contributed by atoms with Gasteiger partial charge in [-0.3, -0.25) is 4.79 Å². The number of anilines is 2. The molecule has 1 aromatic heterocycles. The Bertz CT molecular complexity index is 951. The van der Waals surface area contributed by atoms with Crippen molar-refractivity contribution in [2.75, 3.05) is 36.4 Å². The number of rotatable bonds is 5. The lowest BCUT2D eigenvalue weighted by Gasteiger charge is -2.35. The maximum Gasteiger partial charge on any atom is 0.254 e. The summed E-state index contributed by atoms with van der Waals surface area (Å²) in [7, 11) is 0. The molecule has 2 heterocycles. The van der Waals surface area contributed by atoms with E-state index < -0.39 is 0 Å². The number of nitrogens with one attached hydrogen (secondary N) is 1. The Kier molecular flexibility index (Phi) is 5.70. The van der Waals surface area contributed by atoms with Gasteiger partial charge in [-0.2, -0.15) is 0 Å². The molecule has 6 nitrogen and oxygen atoms in total. The molecule has 148 valence electrons. The zero-order valence-corrected chi connectivity index (χ0v) is 16.6. The van der Waals surface area contributed by atoms with Crippen LogP contribution in [0.4, 0.5) is 11.6 Å². The van der Waals surface area contributed by atoms with Crippen LogP contribution >= 0.6 is 0 Å². The number of carbonyl (C=O) groups excluding carboxylic acids is 1. The van der Waals surface area contributed by atoms with Gasteiger partial charge in [-0.05, 0) is 36.2 Å². The van der Waals surface area contributed by atoms with E-state index in [1.54, 1.807) is 0 Å². The van der Waals surface area contributed by atoms with Crippen molar-refractivity contribution in [2.24, 2.45) is 0 Å². The van der Waals surface area contributed by atoms with Crippen LogP contribution in [-0.2, 0) is 6.54 Å². The van der Waals surface area contributed by atoms with E-state index in [-0.39, 0.29) is 5.91 Å². The second-order valence-electron chi connectivity index (χ2n) is 7.21. The lowest BCUT2D eigenvalue weighted by atomic mass is 10.1. The van der Waals surface area contributed by atoms with Crippen molar-refractivity contribution in [1.82, 2.24) is 15.1 Å². The van der Waals surface area contributed by atoms with E-state index in [0.717, 1.165) is 35.9 Å². The molecule has 1 N–H and O–H groups in total. The number of aromatic nitrogens is 2. The molecule has 6 heteroatoms. The highest BCUT2D eigenvalue weighted by molar-refractivity contribution is 5.95. The van der Waals surface area contributed by atoms with Crippen LogP contribution in [0.3, 0.4) is 0 Å². The third-order valence-corrected chi connectivity index (χ3v) is 5.23. The number of carbonyl (C=O) groups is 1. The van der Waals surface area contributed by atoms with Crippen LogP contribution in [0.2, 0.25) is 0 Å². The Hall–Kier alpha value is -3.41. The number of nitrogens with zero attached hydrogens (tertiary/aromatic N) is 4. The SMILES string of the molecule is Cc1ccccc1C(=O)N1CCN(c2ccc(NCc3ccccc3)nn2)CC1. The van der Waals surface area contributed by atoms with Gasteiger partial charge in [0.25, 0.3) is 5.91 Å². The van der Waals surface area contributed by atoms with Crippen LogP contribution in [0, 0.1) is 6.92 Å². The van der Waals surface area contributed by atoms with Crippen LogP contribution in [0.15, 0.2) is 66.7 Å². The fourth-order valence-electron chi connectivity index (χ4n) is 3.50. The van der Waals surface area contributed by atoms with Crippen LogP contribution in [0.1, 0.15) is 21.5 Å². The van der Waals surface area contributed by atoms with Crippen molar-refractivity contribution in [1.29, 1.82) is 0 Å². The van der Waals surface area contributed by atoms with Crippen LogP contribution in [-0.4, -0.2) is 47.2 Å². The molecule has 0 aliphatic carbocycles. The van der Waals surface area contributed by atoms with Gasteiger partial charge in [0, 0.05) is 38.3 Å². The molecule has 1 fully saturated rings. The molecular formula is C23H25N5O. The summed E-state index contributed by atoms with van der Waals surface area (Å²) in [5.74, 6) is 1.71. The Morgan fingerprint density at radius 3 is 2.31 bits per heavy atom. The third-order valence-electron chi connectivity index (χ3n) is 5.23. The minimum Gasteiger partial charge on any atom is -0.365 e. The number of hydrogen-bond donors (Lipinski definition) is 1. The molecule has 29 heavy (non-hydrogen) atoms. The fourth-order valence-corrected chi connectivity index (χ4v) is 3.50. The van der Waals surface area contributed by atoms with Crippen molar-refractivity contribution in [3.63, 3.8) is 0 Å². The molecule has 0 saturated carbocycles. The molecule has 0 unspecified atom stereocenters. The van der Waals surface area contributed by atoms with Gasteiger partial charge in [0.05, 0.1) is 0 Å². The van der Waals surface area contributed by atoms with E-state index in [2.05, 4.69) is 32.5 Å². The van der Waals surface area contributed by atoms with E-state index in [9.17, 15) is 4.79 Å². The Morgan fingerprint density at radius 1 is 0.897 bits per heavy atom. The summed E-state index contributed by atoms with van der Waals surface area (Å²) in [6.07, 6.45) is 0. The topological polar surface area (TPSA) is 61.4 Å². The summed E-state index contributed by atoms with van der Waals surface area (Å²) >= 11 is 0. The maximum absolute atomic E-state index is 12.8. The van der Waals surface area contributed by atoms with Crippen molar-refractivity contribution in [3.8, 4) is 0 Å². The first kappa shape index (κ1) is 18.9. The van der Waals surface area contributed by atoms with Gasteiger partial charge < -0.3 is 15.1 Å². The molecule has 1 aliphatic heterocycles. The Morgan fingerprint density at radius 2 is 1.62 bits per heavy atom. The van der Waals surface area contributed by atoms with Gasteiger partial charge in [-0.25, -0.2) is 0 Å². The molecular weight excluding hydrogens is 362 g/mol.